The summed E-state index contributed by atoms with van der Waals surface area (Å²) >= 11 is 0. The maximum atomic E-state index is 13.6. The van der Waals surface area contributed by atoms with Gasteiger partial charge in [0.25, 0.3) is 5.56 Å². The molecule has 2 N–H and O–H groups in total. The topological polar surface area (TPSA) is 48.0 Å². The fourth-order valence-electron chi connectivity index (χ4n) is 1.98. The second-order valence-corrected chi connectivity index (χ2v) is 4.22. The van der Waals surface area contributed by atoms with Crippen LogP contribution in [0.5, 0.6) is 0 Å². The van der Waals surface area contributed by atoms with E-state index in [0.717, 1.165) is 5.56 Å². The Hall–Kier alpha value is -2.10. The molecular weight excluding hydrogens is 231 g/mol. The molecule has 1 aromatic carbocycles. The Kier molecular flexibility index (Phi) is 3.19. The average molecular weight is 246 g/mol. The molecular formula is C14H15FN2O. The fraction of sp³-hybridized carbons (Fsp3) is 0.214. The van der Waals surface area contributed by atoms with E-state index in [1.807, 2.05) is 6.92 Å². The summed E-state index contributed by atoms with van der Waals surface area (Å²) in [5.74, 6) is -0.492. The molecule has 2 aromatic rings. The van der Waals surface area contributed by atoms with Crippen molar-refractivity contribution in [3.63, 3.8) is 0 Å². The van der Waals surface area contributed by atoms with E-state index in [1.165, 1.54) is 10.6 Å². The number of aryl methyl sites for hydroxylation is 2. The van der Waals surface area contributed by atoms with Gasteiger partial charge in [-0.2, -0.15) is 0 Å². The van der Waals surface area contributed by atoms with Gasteiger partial charge in [0.15, 0.2) is 0 Å². The lowest BCUT2D eigenvalue weighted by atomic mass is 9.98. The van der Waals surface area contributed by atoms with Crippen molar-refractivity contribution in [1.29, 1.82) is 0 Å². The minimum Gasteiger partial charge on any atom is -0.396 e. The number of pyridine rings is 1. The van der Waals surface area contributed by atoms with E-state index >= 15 is 0 Å². The Labute approximate surface area is 105 Å². The van der Waals surface area contributed by atoms with Gasteiger partial charge in [-0.25, -0.2) is 4.39 Å². The molecule has 0 spiro atoms. The van der Waals surface area contributed by atoms with Gasteiger partial charge in [-0.1, -0.05) is 6.92 Å². The van der Waals surface area contributed by atoms with Crippen molar-refractivity contribution in [2.45, 2.75) is 13.3 Å². The maximum Gasteiger partial charge on any atom is 0.258 e. The monoisotopic (exact) mass is 246 g/mol. The standard InChI is InChI=1S/C14H15FN2O/c1-3-9-7-13(16)12(15)8-11(9)10-5-4-6-17(2)14(10)18/h4-8H,3,16H2,1-2H3. The number of halogens is 1. The number of hydrogen-bond acceptors (Lipinski definition) is 2. The average Bonchev–Trinajstić information content (AvgIpc) is 2.36. The lowest BCUT2D eigenvalue weighted by Crippen LogP contribution is -2.17. The van der Waals surface area contributed by atoms with Crippen molar-refractivity contribution in [3.8, 4) is 11.1 Å². The Bertz CT molecular complexity index is 647. The van der Waals surface area contributed by atoms with Gasteiger partial charge in [0.1, 0.15) is 5.82 Å². The third-order valence-corrected chi connectivity index (χ3v) is 3.02. The predicted molar refractivity (Wildman–Crippen MR) is 70.9 cm³/mol. The first-order valence-corrected chi connectivity index (χ1v) is 5.78. The summed E-state index contributed by atoms with van der Waals surface area (Å²) in [4.78, 5) is 12.0. The van der Waals surface area contributed by atoms with Crippen LogP contribution in [-0.4, -0.2) is 4.57 Å². The molecule has 0 saturated carbocycles. The number of rotatable bonds is 2. The van der Waals surface area contributed by atoms with Crippen LogP contribution in [0.4, 0.5) is 10.1 Å². The van der Waals surface area contributed by atoms with Gasteiger partial charge in [0.05, 0.1) is 5.69 Å². The highest BCUT2D eigenvalue weighted by atomic mass is 19.1. The van der Waals surface area contributed by atoms with Crippen LogP contribution < -0.4 is 11.3 Å². The predicted octanol–water partition coefficient (Wildman–Crippen LogP) is 2.34. The summed E-state index contributed by atoms with van der Waals surface area (Å²) in [5, 5.41) is 0. The zero-order valence-electron chi connectivity index (χ0n) is 10.4. The highest BCUT2D eigenvalue weighted by molar-refractivity contribution is 5.69. The Morgan fingerprint density at radius 2 is 2.06 bits per heavy atom. The van der Waals surface area contributed by atoms with Gasteiger partial charge < -0.3 is 10.3 Å². The van der Waals surface area contributed by atoms with E-state index in [-0.39, 0.29) is 11.2 Å². The number of nitrogens with zero attached hydrogens (tertiary/aromatic N) is 1. The molecule has 0 saturated heterocycles. The van der Waals surface area contributed by atoms with Crippen LogP contribution in [0.25, 0.3) is 11.1 Å². The van der Waals surface area contributed by atoms with Crippen LogP contribution in [0.1, 0.15) is 12.5 Å². The molecule has 18 heavy (non-hydrogen) atoms. The maximum absolute atomic E-state index is 13.6. The molecule has 1 heterocycles. The Morgan fingerprint density at radius 1 is 1.33 bits per heavy atom. The SMILES string of the molecule is CCc1cc(N)c(F)cc1-c1cccn(C)c1=O. The minimum atomic E-state index is -0.492. The summed E-state index contributed by atoms with van der Waals surface area (Å²) in [6, 6.07) is 6.40. The lowest BCUT2D eigenvalue weighted by molar-refractivity contribution is 0.632. The van der Waals surface area contributed by atoms with Gasteiger partial charge in [0, 0.05) is 18.8 Å². The summed E-state index contributed by atoms with van der Waals surface area (Å²) in [7, 11) is 1.67. The Morgan fingerprint density at radius 3 is 2.72 bits per heavy atom. The largest absolute Gasteiger partial charge is 0.396 e. The zero-order valence-corrected chi connectivity index (χ0v) is 10.4. The molecule has 0 unspecified atom stereocenters. The van der Waals surface area contributed by atoms with Gasteiger partial charge in [-0.3, -0.25) is 4.79 Å². The summed E-state index contributed by atoms with van der Waals surface area (Å²) in [6.45, 7) is 1.95. The fourth-order valence-corrected chi connectivity index (χ4v) is 1.98. The normalized spacial score (nSPS) is 10.6. The molecule has 4 heteroatoms. The van der Waals surface area contributed by atoms with Crippen molar-refractivity contribution in [2.75, 3.05) is 5.73 Å². The molecule has 2 rings (SSSR count). The third-order valence-electron chi connectivity index (χ3n) is 3.02. The smallest absolute Gasteiger partial charge is 0.258 e. The number of anilines is 1. The van der Waals surface area contributed by atoms with Crippen LogP contribution in [0.3, 0.4) is 0 Å². The van der Waals surface area contributed by atoms with Crippen LogP contribution in [0, 0.1) is 5.82 Å². The number of benzene rings is 1. The van der Waals surface area contributed by atoms with Crippen molar-refractivity contribution in [3.05, 3.63) is 52.2 Å². The number of nitrogen functional groups attached to an aromatic ring is 1. The van der Waals surface area contributed by atoms with Crippen LogP contribution in [-0.2, 0) is 13.5 Å². The van der Waals surface area contributed by atoms with E-state index in [9.17, 15) is 9.18 Å². The number of aromatic nitrogens is 1. The molecule has 3 nitrogen and oxygen atoms in total. The number of nitrogens with two attached hydrogens (primary N) is 1. The first kappa shape index (κ1) is 12.4. The van der Waals surface area contributed by atoms with Crippen LogP contribution in [0.2, 0.25) is 0 Å². The van der Waals surface area contributed by atoms with Gasteiger partial charge >= 0.3 is 0 Å². The molecule has 0 atom stereocenters. The zero-order chi connectivity index (χ0) is 13.3. The molecule has 1 aromatic heterocycles. The second kappa shape index (κ2) is 4.64. The molecule has 0 fully saturated rings. The number of hydrogen-bond donors (Lipinski definition) is 1. The van der Waals surface area contributed by atoms with Crippen molar-refractivity contribution >= 4 is 5.69 Å². The van der Waals surface area contributed by atoms with Crippen molar-refractivity contribution in [1.82, 2.24) is 4.57 Å². The minimum absolute atomic E-state index is 0.114. The van der Waals surface area contributed by atoms with E-state index in [4.69, 9.17) is 5.73 Å². The summed E-state index contributed by atoms with van der Waals surface area (Å²) in [5.41, 5.74) is 7.51. The van der Waals surface area contributed by atoms with E-state index in [0.29, 0.717) is 17.5 Å². The quantitative estimate of drug-likeness (QED) is 0.827. The lowest BCUT2D eigenvalue weighted by Gasteiger charge is -2.10. The summed E-state index contributed by atoms with van der Waals surface area (Å²) in [6.07, 6.45) is 2.36. The first-order chi connectivity index (χ1) is 8.54. The summed E-state index contributed by atoms with van der Waals surface area (Å²) < 4.78 is 15.1. The van der Waals surface area contributed by atoms with E-state index in [2.05, 4.69) is 0 Å². The van der Waals surface area contributed by atoms with E-state index < -0.39 is 5.82 Å². The van der Waals surface area contributed by atoms with Crippen molar-refractivity contribution in [2.24, 2.45) is 7.05 Å². The van der Waals surface area contributed by atoms with Gasteiger partial charge in [-0.15, -0.1) is 0 Å². The van der Waals surface area contributed by atoms with Gasteiger partial charge in [-0.05, 0) is 41.8 Å². The molecule has 0 aliphatic rings. The van der Waals surface area contributed by atoms with Crippen LogP contribution >= 0.6 is 0 Å². The third kappa shape index (κ3) is 2.01. The van der Waals surface area contributed by atoms with E-state index in [1.54, 1.807) is 31.4 Å². The second-order valence-electron chi connectivity index (χ2n) is 4.22. The van der Waals surface area contributed by atoms with Crippen LogP contribution in [0.15, 0.2) is 35.3 Å². The molecule has 94 valence electrons. The van der Waals surface area contributed by atoms with Crippen molar-refractivity contribution < 1.29 is 4.39 Å². The molecule has 0 aliphatic carbocycles. The van der Waals surface area contributed by atoms with Gasteiger partial charge in [0.2, 0.25) is 0 Å². The first-order valence-electron chi connectivity index (χ1n) is 5.78. The molecule has 0 amide bonds. The highest BCUT2D eigenvalue weighted by Crippen LogP contribution is 2.26. The molecule has 0 radical (unpaired) electrons. The Balaban J connectivity index is 2.74. The molecule has 0 bridgehead atoms. The highest BCUT2D eigenvalue weighted by Gasteiger charge is 2.12. The molecule has 0 aliphatic heterocycles.